The number of carbonyl (C=O) groups is 17. The Balaban J connectivity index is 1.84. The normalized spacial score (nSPS) is 16.8. The Morgan fingerprint density at radius 1 is 0.480 bits per heavy atom. The molecule has 0 aliphatic carbocycles. The zero-order valence-electron chi connectivity index (χ0n) is 75.0. The Kier molecular flexibility index (Phi) is 48.3. The van der Waals surface area contributed by atoms with Gasteiger partial charge in [0, 0.05) is 49.2 Å². The molecule has 0 spiro atoms. The molecule has 18 atom stereocenters. The molecule has 0 saturated carbocycles. The minimum absolute atomic E-state index is 0.00740. The van der Waals surface area contributed by atoms with Crippen molar-refractivity contribution in [2.75, 3.05) is 30.1 Å². The number of nitrogens with two attached hydrogens (primary N) is 1. The van der Waals surface area contributed by atoms with E-state index in [9.17, 15) is 96.8 Å². The topological polar surface area (TPSA) is 577 Å². The van der Waals surface area contributed by atoms with E-state index in [1.54, 1.807) is 113 Å². The summed E-state index contributed by atoms with van der Waals surface area (Å²) in [6.07, 6.45) is 3.12. The lowest BCUT2D eigenvalue weighted by Gasteiger charge is -2.33. The van der Waals surface area contributed by atoms with Gasteiger partial charge in [-0.1, -0.05) is 134 Å². The maximum Gasteiger partial charge on any atom is 0.327 e. The maximum atomic E-state index is 15.0. The van der Waals surface area contributed by atoms with E-state index in [4.69, 9.17) is 5.73 Å². The number of aliphatic hydroxyl groups excluding tert-OH is 1. The molecule has 0 radical (unpaired) electrons. The van der Waals surface area contributed by atoms with Crippen molar-refractivity contribution in [1.29, 1.82) is 0 Å². The van der Waals surface area contributed by atoms with Gasteiger partial charge in [-0.15, -0.1) is 0 Å². The monoisotopic (exact) mass is 1810 g/mol. The van der Waals surface area contributed by atoms with E-state index < -0.39 is 222 Å². The number of hydrogen-bond acceptors (Lipinski definition) is 23. The van der Waals surface area contributed by atoms with E-state index in [1.807, 2.05) is 20.1 Å². The minimum atomic E-state index is -1.77. The summed E-state index contributed by atoms with van der Waals surface area (Å²) in [5.74, 6) is -17.6. The van der Waals surface area contributed by atoms with Crippen LogP contribution < -0.4 is 80.2 Å². The number of H-pyrrole nitrogens is 1. The molecule has 1 saturated heterocycles. The first-order chi connectivity index (χ1) is 58.7. The van der Waals surface area contributed by atoms with Gasteiger partial charge in [0.2, 0.25) is 88.6 Å². The van der Waals surface area contributed by atoms with E-state index in [0.717, 1.165) is 0 Å². The molecule has 41 heteroatoms. The second kappa shape index (κ2) is 55.1. The van der Waals surface area contributed by atoms with Crippen molar-refractivity contribution in [1.82, 2.24) is 89.3 Å². The van der Waals surface area contributed by atoms with Gasteiger partial charge >= 0.3 is 11.9 Å². The molecule has 125 heavy (non-hydrogen) atoms. The van der Waals surface area contributed by atoms with Crippen LogP contribution in [0.25, 0.3) is 0 Å². The van der Waals surface area contributed by atoms with Crippen molar-refractivity contribution < 1.29 is 96.8 Å². The first-order valence-corrected chi connectivity index (χ1v) is 45.5. The van der Waals surface area contributed by atoms with Gasteiger partial charge in [0.05, 0.1) is 18.5 Å². The first kappa shape index (κ1) is 110. The SMILES string of the molecule is CC[C@H](C)[C@H](NC(=O)[C@H](CC(C)C)NC(=O)[C@H](C)NC(=O)[C@H](CC(C)C)NC(=O)[C@H](CC(C)C)NC(=O)[C@H](CC(C)C)NC(=O)[C@H](CC(C)C)NC(=O)[C@H](CS)NC(=O)[C@@H](NC(=O)[C@@H](NC(=O)[C@H](CCC(=O)O)NC(=O)[C@@H](N)CCSC)C(C)C)[C@@H](C)O)C(=O)N1CCC[C@H]1C(=O)N[C@@H](Cc1ccccc1)C(=O)N[C@@H](Cc1cnc[nH]1)C(=O)N[C@@H](CS)C(=O)O. The number of nitrogens with one attached hydrogen (secondary N) is 15. The summed E-state index contributed by atoms with van der Waals surface area (Å²) in [4.78, 5) is 245. The fourth-order valence-corrected chi connectivity index (χ4v) is 14.7. The second-order valence-corrected chi connectivity index (χ2v) is 36.2. The molecule has 1 aliphatic heterocycles. The van der Waals surface area contributed by atoms with Crippen LogP contribution in [0.3, 0.4) is 0 Å². The highest BCUT2D eigenvalue weighted by Gasteiger charge is 2.44. The average Bonchev–Trinajstić information content (AvgIpc) is 1.70. The van der Waals surface area contributed by atoms with Crippen LogP contribution in [0, 0.1) is 41.4 Å². The van der Waals surface area contributed by atoms with Crippen molar-refractivity contribution >= 4 is 138 Å². The van der Waals surface area contributed by atoms with Gasteiger partial charge in [-0.05, 0) is 131 Å². The summed E-state index contributed by atoms with van der Waals surface area (Å²) in [6, 6.07) is -12.9. The van der Waals surface area contributed by atoms with Gasteiger partial charge in [-0.2, -0.15) is 37.0 Å². The van der Waals surface area contributed by atoms with Crippen LogP contribution in [0.5, 0.6) is 0 Å². The molecule has 1 aliphatic rings. The minimum Gasteiger partial charge on any atom is -0.481 e. The quantitative estimate of drug-likeness (QED) is 0.0393. The zero-order chi connectivity index (χ0) is 94.4. The highest BCUT2D eigenvalue weighted by molar-refractivity contribution is 7.98. The van der Waals surface area contributed by atoms with Crippen molar-refractivity contribution in [3.8, 4) is 0 Å². The Bertz CT molecular complexity index is 3900. The van der Waals surface area contributed by atoms with Crippen LogP contribution in [0.2, 0.25) is 0 Å². The van der Waals surface area contributed by atoms with Crippen LogP contribution in [-0.4, -0.2) is 264 Å². The number of nitrogens with zero attached hydrogens (tertiary/aromatic N) is 2. The van der Waals surface area contributed by atoms with Crippen LogP contribution >= 0.6 is 37.0 Å². The average molecular weight is 1820 g/mol. The number of aromatic nitrogens is 2. The molecule has 0 bridgehead atoms. The predicted molar refractivity (Wildman–Crippen MR) is 476 cm³/mol. The molecular formula is C84H138N18O20S3. The third kappa shape index (κ3) is 38.2. The third-order valence-electron chi connectivity index (χ3n) is 20.8. The zero-order valence-corrected chi connectivity index (χ0v) is 77.6. The van der Waals surface area contributed by atoms with Crippen molar-refractivity contribution in [3.05, 3.63) is 54.1 Å². The van der Waals surface area contributed by atoms with Gasteiger partial charge in [0.25, 0.3) is 0 Å². The number of benzene rings is 1. The summed E-state index contributed by atoms with van der Waals surface area (Å²) >= 11 is 9.79. The molecule has 3 rings (SSSR count). The fraction of sp³-hybridized carbons (Fsp3) is 0.690. The van der Waals surface area contributed by atoms with Crippen LogP contribution in [0.4, 0.5) is 0 Å². The molecule has 2 aromatic rings. The van der Waals surface area contributed by atoms with E-state index in [0.29, 0.717) is 29.9 Å². The largest absolute Gasteiger partial charge is 0.481 e. The molecule has 702 valence electrons. The standard InChI is InChI=1S/C84H138N18O20S3/c1-18-48(14)67(83(120)102-29-22-25-64(102)80(117)96-60(36-51-23-20-19-21-24-51)76(113)95-61(37-52-38-86-41-87-52)77(114)98-63(40-124)84(121)122)100-78(115)59(35-46(10)11)90-69(106)49(15)88-72(109)55(31-42(2)3)91-73(110)56(32-43(4)5)92-74(111)57(33-44(6)7)93-75(112)58(34-45(8)9)94-79(116)62(39-123)97-82(119)68(50(16)103)101-81(118)66(47(12)13)99-71(108)54(26-27-65(104)105)89-70(107)53(85)28-30-125-17/h19-21,23-24,38,41-50,53-64,66-68,103,123-124H,18,22,25-37,39-40,85H2,1-17H3,(H,86,87)(H,88,109)(H,89,107)(H,90,106)(H,91,110)(H,92,111)(H,93,112)(H,94,116)(H,95,113)(H,96,117)(H,97,119)(H,98,114)(H,99,108)(H,100,115)(H,101,118)(H,104,105)(H,121,122)/t48-,49-,50+,53-,54-,55-,56-,57-,58-,59-,60-,61-,62-,63-,64-,66-,67-,68-/m0/s1. The number of rotatable bonds is 56. The number of carboxylic acids is 2. The van der Waals surface area contributed by atoms with Crippen LogP contribution in [-0.2, 0) is 94.3 Å². The van der Waals surface area contributed by atoms with Crippen LogP contribution in [0.15, 0.2) is 42.9 Å². The Labute approximate surface area is 748 Å². The molecule has 1 aromatic heterocycles. The van der Waals surface area contributed by atoms with Crippen molar-refractivity contribution in [2.24, 2.45) is 47.2 Å². The lowest BCUT2D eigenvalue weighted by atomic mass is 9.95. The Hall–Kier alpha value is -9.61. The number of thiol groups is 2. The number of hydrogen-bond donors (Lipinski definition) is 21. The molecule has 20 N–H and O–H groups in total. The maximum absolute atomic E-state index is 15.0. The molecule has 38 nitrogen and oxygen atoms in total. The predicted octanol–water partition coefficient (Wildman–Crippen LogP) is 0.196. The Morgan fingerprint density at radius 2 is 0.880 bits per heavy atom. The molecule has 2 heterocycles. The Morgan fingerprint density at radius 3 is 1.31 bits per heavy atom. The molecular weight excluding hydrogens is 1680 g/mol. The number of aliphatic hydroxyl groups is 1. The lowest BCUT2D eigenvalue weighted by molar-refractivity contribution is -0.143. The summed E-state index contributed by atoms with van der Waals surface area (Å²) in [5.41, 5.74) is 7.06. The number of aliphatic carboxylic acids is 2. The van der Waals surface area contributed by atoms with Gasteiger partial charge in [-0.25, -0.2) is 9.78 Å². The number of aromatic amines is 1. The molecule has 15 amide bonds. The smallest absolute Gasteiger partial charge is 0.327 e. The highest BCUT2D eigenvalue weighted by atomic mass is 32.2. The van der Waals surface area contributed by atoms with Gasteiger partial charge < -0.3 is 105 Å². The van der Waals surface area contributed by atoms with E-state index in [1.165, 1.54) is 43.0 Å². The summed E-state index contributed by atoms with van der Waals surface area (Å²) in [7, 11) is 0. The van der Waals surface area contributed by atoms with E-state index >= 15 is 0 Å². The molecule has 1 aromatic carbocycles. The molecule has 1 fully saturated rings. The summed E-state index contributed by atoms with van der Waals surface area (Å²) < 4.78 is 0. The van der Waals surface area contributed by atoms with Crippen LogP contribution in [0.1, 0.15) is 193 Å². The first-order valence-electron chi connectivity index (χ1n) is 42.8. The number of likely N-dealkylation sites (tertiary alicyclic amines) is 1. The van der Waals surface area contributed by atoms with Crippen molar-refractivity contribution in [2.45, 2.75) is 297 Å². The van der Waals surface area contributed by atoms with E-state index in [2.05, 4.69) is 110 Å². The van der Waals surface area contributed by atoms with Gasteiger partial charge in [-0.3, -0.25) is 76.7 Å². The number of carbonyl (C=O) groups excluding carboxylic acids is 15. The van der Waals surface area contributed by atoms with Gasteiger partial charge in [0.15, 0.2) is 0 Å². The molecule has 0 unspecified atom stereocenters. The number of carboxylic acid groups (broad SMARTS) is 2. The van der Waals surface area contributed by atoms with Gasteiger partial charge in [0.1, 0.15) is 90.6 Å². The lowest BCUT2D eigenvalue weighted by Crippen LogP contribution is -2.63. The second-order valence-electron chi connectivity index (χ2n) is 34.5. The van der Waals surface area contributed by atoms with E-state index in [-0.39, 0.29) is 112 Å². The highest BCUT2D eigenvalue weighted by Crippen LogP contribution is 2.24. The number of thioether (sulfide) groups is 1. The summed E-state index contributed by atoms with van der Waals surface area (Å²) in [6.45, 7) is 27.2. The summed E-state index contributed by atoms with van der Waals surface area (Å²) in [5, 5.41) is 66.9. The number of imidazole rings is 1. The third-order valence-corrected chi connectivity index (χ3v) is 22.1. The number of amides is 15. The van der Waals surface area contributed by atoms with Crippen molar-refractivity contribution in [3.63, 3.8) is 0 Å². The fourth-order valence-electron chi connectivity index (χ4n) is 13.7.